The molecule has 2 fully saturated rings. The van der Waals surface area contributed by atoms with E-state index in [4.69, 9.17) is 14.2 Å². The molecule has 0 bridgehead atoms. The first-order valence-corrected chi connectivity index (χ1v) is 9.88. The van der Waals surface area contributed by atoms with Gasteiger partial charge in [-0.15, -0.1) is 0 Å². The van der Waals surface area contributed by atoms with Gasteiger partial charge in [0.15, 0.2) is 29.0 Å². The summed E-state index contributed by atoms with van der Waals surface area (Å²) in [5, 5.41) is 15.1. The van der Waals surface area contributed by atoms with Gasteiger partial charge >= 0.3 is 6.03 Å². The average Bonchev–Trinajstić information content (AvgIpc) is 3.39. The third kappa shape index (κ3) is 3.61. The lowest BCUT2D eigenvalue weighted by molar-refractivity contribution is -0.199. The number of nitrogens with zero attached hydrogens (tertiary/aromatic N) is 4. The van der Waals surface area contributed by atoms with Crippen LogP contribution in [-0.4, -0.2) is 61.4 Å². The Labute approximate surface area is 177 Å². The maximum atomic E-state index is 12.4. The van der Waals surface area contributed by atoms with Crippen molar-refractivity contribution in [2.24, 2.45) is 0 Å². The number of hydrogen-bond acceptors (Lipinski definition) is 8. The van der Waals surface area contributed by atoms with Gasteiger partial charge in [-0.2, -0.15) is 0 Å². The number of nitrogens with one attached hydrogen (secondary N) is 2. The first-order chi connectivity index (χ1) is 14.9. The van der Waals surface area contributed by atoms with Crippen LogP contribution in [0.15, 0.2) is 43.0 Å². The van der Waals surface area contributed by atoms with Gasteiger partial charge in [0.25, 0.3) is 0 Å². The maximum Gasteiger partial charge on any atom is 0.324 e. The number of fused-ring (bicyclic) bond motifs is 2. The van der Waals surface area contributed by atoms with Crippen LogP contribution in [0.3, 0.4) is 0 Å². The van der Waals surface area contributed by atoms with E-state index in [2.05, 4.69) is 25.6 Å². The molecule has 2 saturated heterocycles. The molecule has 1 aromatic carbocycles. The summed E-state index contributed by atoms with van der Waals surface area (Å²) in [6, 6.07) is 8.62. The Morgan fingerprint density at radius 2 is 1.90 bits per heavy atom. The lowest BCUT2D eigenvalue weighted by Crippen LogP contribution is -2.31. The molecule has 11 heteroatoms. The highest BCUT2D eigenvalue weighted by Crippen LogP contribution is 2.43. The molecule has 0 aliphatic carbocycles. The number of para-hydroxylation sites is 1. The number of carbonyl (C=O) groups excluding carboxylic acids is 1. The Balaban J connectivity index is 1.41. The molecule has 162 valence electrons. The molecule has 2 aliphatic rings. The Morgan fingerprint density at radius 1 is 1.13 bits per heavy atom. The normalized spacial score (nSPS) is 26.7. The van der Waals surface area contributed by atoms with Crippen LogP contribution >= 0.6 is 0 Å². The Kier molecular flexibility index (Phi) is 4.82. The number of benzene rings is 1. The van der Waals surface area contributed by atoms with Crippen LogP contribution in [0.4, 0.5) is 16.3 Å². The van der Waals surface area contributed by atoms with Crippen molar-refractivity contribution >= 4 is 28.7 Å². The van der Waals surface area contributed by atoms with Crippen molar-refractivity contribution in [3.05, 3.63) is 43.0 Å². The van der Waals surface area contributed by atoms with E-state index in [1.54, 1.807) is 23.0 Å². The minimum absolute atomic E-state index is 0.203. The third-order valence-electron chi connectivity index (χ3n) is 5.20. The van der Waals surface area contributed by atoms with Crippen LogP contribution in [0.1, 0.15) is 20.1 Å². The standard InChI is InChI=1S/C20H22N6O5/c1-20(2)30-14-12(8-27)29-18(15(14)31-20)26-10-23-13-16(21-9-22-17(13)26)25-19(28)24-11-6-4-3-5-7-11/h3-7,9-10,12,14-15,18,27H,8H2,1-2H3,(H2,21,22,24,25,28). The molecule has 0 saturated carbocycles. The highest BCUT2D eigenvalue weighted by Gasteiger charge is 2.56. The second kappa shape index (κ2) is 7.54. The summed E-state index contributed by atoms with van der Waals surface area (Å²) in [6.45, 7) is 3.43. The van der Waals surface area contributed by atoms with Gasteiger partial charge in [0.2, 0.25) is 0 Å². The maximum absolute atomic E-state index is 12.4. The third-order valence-corrected chi connectivity index (χ3v) is 5.20. The molecule has 2 aliphatic heterocycles. The lowest BCUT2D eigenvalue weighted by Gasteiger charge is -2.24. The fourth-order valence-electron chi connectivity index (χ4n) is 3.95. The van der Waals surface area contributed by atoms with Crippen LogP contribution in [0, 0.1) is 0 Å². The Hall–Kier alpha value is -3.12. The molecule has 4 heterocycles. The van der Waals surface area contributed by atoms with Crippen molar-refractivity contribution in [2.45, 2.75) is 44.2 Å². The summed E-state index contributed by atoms with van der Waals surface area (Å²) in [6.07, 6.45) is 0.885. The summed E-state index contributed by atoms with van der Waals surface area (Å²) in [4.78, 5) is 25.2. The summed E-state index contributed by atoms with van der Waals surface area (Å²) < 4.78 is 19.6. The molecule has 11 nitrogen and oxygen atoms in total. The summed E-state index contributed by atoms with van der Waals surface area (Å²) in [5.41, 5.74) is 1.51. The van der Waals surface area contributed by atoms with Crippen molar-refractivity contribution in [1.29, 1.82) is 0 Å². The number of anilines is 2. The smallest absolute Gasteiger partial charge is 0.324 e. The van der Waals surface area contributed by atoms with E-state index in [0.29, 0.717) is 16.9 Å². The number of hydrogen-bond donors (Lipinski definition) is 3. The monoisotopic (exact) mass is 426 g/mol. The zero-order chi connectivity index (χ0) is 21.6. The molecule has 5 rings (SSSR count). The van der Waals surface area contributed by atoms with Crippen LogP contribution < -0.4 is 10.6 Å². The topological polar surface area (TPSA) is 133 Å². The number of amides is 2. The van der Waals surface area contributed by atoms with Gasteiger partial charge in [-0.25, -0.2) is 19.7 Å². The van der Waals surface area contributed by atoms with E-state index in [0.717, 1.165) is 0 Å². The first kappa shape index (κ1) is 19.8. The summed E-state index contributed by atoms with van der Waals surface area (Å²) >= 11 is 0. The molecule has 3 aromatic rings. The quantitative estimate of drug-likeness (QED) is 0.576. The van der Waals surface area contributed by atoms with Gasteiger partial charge in [-0.3, -0.25) is 9.88 Å². The van der Waals surface area contributed by atoms with Crippen molar-refractivity contribution in [3.8, 4) is 0 Å². The zero-order valence-corrected chi connectivity index (χ0v) is 16.9. The second-order valence-electron chi connectivity index (χ2n) is 7.80. The number of aromatic nitrogens is 4. The largest absolute Gasteiger partial charge is 0.394 e. The highest BCUT2D eigenvalue weighted by molar-refractivity contribution is 6.02. The van der Waals surface area contributed by atoms with E-state index in [1.165, 1.54) is 6.33 Å². The number of rotatable bonds is 4. The van der Waals surface area contributed by atoms with E-state index >= 15 is 0 Å². The number of urea groups is 1. The first-order valence-electron chi connectivity index (χ1n) is 9.88. The number of imidazole rings is 1. The number of aliphatic hydroxyl groups is 1. The van der Waals surface area contributed by atoms with Gasteiger partial charge in [-0.05, 0) is 26.0 Å². The lowest BCUT2D eigenvalue weighted by atomic mass is 10.1. The molecule has 4 unspecified atom stereocenters. The molecule has 2 amide bonds. The predicted octanol–water partition coefficient (Wildman–Crippen LogP) is 1.88. The molecule has 2 aromatic heterocycles. The van der Waals surface area contributed by atoms with E-state index < -0.39 is 36.4 Å². The molecular weight excluding hydrogens is 404 g/mol. The number of ether oxygens (including phenoxy) is 3. The number of aliphatic hydroxyl groups excluding tert-OH is 1. The summed E-state index contributed by atoms with van der Waals surface area (Å²) in [7, 11) is 0. The van der Waals surface area contributed by atoms with Crippen molar-refractivity contribution < 1.29 is 24.1 Å². The molecule has 0 radical (unpaired) electrons. The van der Waals surface area contributed by atoms with Gasteiger partial charge in [0.05, 0.1) is 12.9 Å². The van der Waals surface area contributed by atoms with E-state index in [9.17, 15) is 9.90 Å². The van der Waals surface area contributed by atoms with Gasteiger partial charge < -0.3 is 24.6 Å². The van der Waals surface area contributed by atoms with E-state index in [-0.39, 0.29) is 12.4 Å². The van der Waals surface area contributed by atoms with Gasteiger partial charge in [0.1, 0.15) is 24.6 Å². The highest BCUT2D eigenvalue weighted by atomic mass is 16.8. The van der Waals surface area contributed by atoms with Crippen molar-refractivity contribution in [3.63, 3.8) is 0 Å². The van der Waals surface area contributed by atoms with Gasteiger partial charge in [-0.1, -0.05) is 18.2 Å². The molecule has 31 heavy (non-hydrogen) atoms. The van der Waals surface area contributed by atoms with Gasteiger partial charge in [0, 0.05) is 5.69 Å². The summed E-state index contributed by atoms with van der Waals surface area (Å²) in [5.74, 6) is -0.535. The van der Waals surface area contributed by atoms with Crippen LogP contribution in [-0.2, 0) is 14.2 Å². The molecule has 3 N–H and O–H groups in total. The Morgan fingerprint density at radius 3 is 2.68 bits per heavy atom. The average molecular weight is 426 g/mol. The molecular formula is C20H22N6O5. The predicted molar refractivity (Wildman–Crippen MR) is 109 cm³/mol. The Bertz CT molecular complexity index is 1100. The molecule has 4 atom stereocenters. The second-order valence-corrected chi connectivity index (χ2v) is 7.80. The minimum Gasteiger partial charge on any atom is -0.394 e. The van der Waals surface area contributed by atoms with E-state index in [1.807, 2.05) is 32.0 Å². The fraction of sp³-hybridized carbons (Fsp3) is 0.400. The zero-order valence-electron chi connectivity index (χ0n) is 16.9. The van der Waals surface area contributed by atoms with Crippen LogP contribution in [0.5, 0.6) is 0 Å². The van der Waals surface area contributed by atoms with Crippen molar-refractivity contribution in [2.75, 3.05) is 17.2 Å². The van der Waals surface area contributed by atoms with Crippen LogP contribution in [0.25, 0.3) is 11.2 Å². The van der Waals surface area contributed by atoms with Crippen LogP contribution in [0.2, 0.25) is 0 Å². The minimum atomic E-state index is -0.793. The SMILES string of the molecule is CC1(C)OC2C(CO)OC(n3cnc4c(NC(=O)Nc5ccccc5)ncnc43)C2O1. The van der Waals surface area contributed by atoms with Crippen molar-refractivity contribution in [1.82, 2.24) is 19.5 Å². The molecule has 0 spiro atoms. The fourth-order valence-corrected chi connectivity index (χ4v) is 3.95. The number of carbonyl (C=O) groups is 1.